The van der Waals surface area contributed by atoms with Crippen LogP contribution in [0.4, 0.5) is 0 Å². The number of nitrogens with one attached hydrogen (secondary N) is 1. The summed E-state index contributed by atoms with van der Waals surface area (Å²) in [7, 11) is 0. The molecule has 0 saturated heterocycles. The zero-order valence-electron chi connectivity index (χ0n) is 10.2. The summed E-state index contributed by atoms with van der Waals surface area (Å²) in [6, 6.07) is 1.94. The molecule has 0 spiro atoms. The van der Waals surface area contributed by atoms with Gasteiger partial charge < -0.3 is 10.2 Å². The number of likely N-dealkylation sites (N-methyl/N-ethyl adjacent to an activating group) is 1. The van der Waals surface area contributed by atoms with Gasteiger partial charge in [0, 0.05) is 24.9 Å². The maximum atomic E-state index is 8.35. The van der Waals surface area contributed by atoms with Crippen LogP contribution >= 0.6 is 0 Å². The first-order valence-corrected chi connectivity index (χ1v) is 5.63. The Morgan fingerprint density at radius 1 is 1.44 bits per heavy atom. The smallest absolute Gasteiger partial charge is 0.0912 e. The second kappa shape index (κ2) is 10.0. The third-order valence-corrected chi connectivity index (χ3v) is 2.32. The molecule has 0 aliphatic carbocycles. The molecule has 3 nitrogen and oxygen atoms in total. The van der Waals surface area contributed by atoms with Crippen molar-refractivity contribution >= 4 is 0 Å². The second-order valence-electron chi connectivity index (χ2n) is 3.27. The van der Waals surface area contributed by atoms with E-state index in [1.165, 1.54) is 6.08 Å². The van der Waals surface area contributed by atoms with Crippen LogP contribution in [0.2, 0.25) is 0 Å². The lowest BCUT2D eigenvalue weighted by molar-refractivity contribution is 0.306. The Morgan fingerprint density at radius 3 is 2.62 bits per heavy atom. The van der Waals surface area contributed by atoms with E-state index in [0.717, 1.165) is 31.9 Å². The first-order valence-electron chi connectivity index (χ1n) is 5.63. The van der Waals surface area contributed by atoms with Crippen LogP contribution in [0.15, 0.2) is 36.6 Å². The topological polar surface area (TPSA) is 39.1 Å². The summed E-state index contributed by atoms with van der Waals surface area (Å²) in [5.41, 5.74) is 0.943. The monoisotopic (exact) mass is 219 g/mol. The number of rotatable bonds is 8. The van der Waals surface area contributed by atoms with Gasteiger partial charge in [-0.1, -0.05) is 20.4 Å². The minimum Gasteiger partial charge on any atom is -0.384 e. The van der Waals surface area contributed by atoms with E-state index in [4.69, 9.17) is 5.26 Å². The predicted molar refractivity (Wildman–Crippen MR) is 68.8 cm³/mol. The Hall–Kier alpha value is -1.53. The van der Waals surface area contributed by atoms with Gasteiger partial charge in [-0.25, -0.2) is 0 Å². The molecule has 0 aliphatic rings. The molecule has 0 bridgehead atoms. The zero-order valence-corrected chi connectivity index (χ0v) is 10.2. The zero-order chi connectivity index (χ0) is 12.2. The highest BCUT2D eigenvalue weighted by molar-refractivity contribution is 5.22. The van der Waals surface area contributed by atoms with Crippen molar-refractivity contribution in [2.75, 3.05) is 26.2 Å². The van der Waals surface area contributed by atoms with Gasteiger partial charge >= 0.3 is 0 Å². The van der Waals surface area contributed by atoms with Crippen LogP contribution in [0, 0.1) is 11.3 Å². The molecule has 0 amide bonds. The lowest BCUT2D eigenvalue weighted by Gasteiger charge is -2.18. The Labute approximate surface area is 98.8 Å². The van der Waals surface area contributed by atoms with Gasteiger partial charge in [-0.2, -0.15) is 5.26 Å². The summed E-state index contributed by atoms with van der Waals surface area (Å²) in [6.45, 7) is 12.1. The molecular weight excluding hydrogens is 198 g/mol. The highest BCUT2D eigenvalue weighted by Crippen LogP contribution is 1.92. The normalized spacial score (nSPS) is 11.8. The van der Waals surface area contributed by atoms with Crippen molar-refractivity contribution < 1.29 is 0 Å². The molecule has 1 N–H and O–H groups in total. The van der Waals surface area contributed by atoms with Gasteiger partial charge in [-0.05, 0) is 31.3 Å². The summed E-state index contributed by atoms with van der Waals surface area (Å²) >= 11 is 0. The summed E-state index contributed by atoms with van der Waals surface area (Å²) in [4.78, 5) is 2.35. The number of nitriles is 1. The van der Waals surface area contributed by atoms with E-state index in [9.17, 15) is 0 Å². The van der Waals surface area contributed by atoms with Gasteiger partial charge in [0.05, 0.1) is 6.07 Å². The third kappa shape index (κ3) is 6.86. The summed E-state index contributed by atoms with van der Waals surface area (Å²) in [6.07, 6.45) is 6.75. The van der Waals surface area contributed by atoms with Crippen LogP contribution < -0.4 is 5.32 Å². The molecule has 0 unspecified atom stereocenters. The molecule has 0 aromatic rings. The van der Waals surface area contributed by atoms with Crippen molar-refractivity contribution in [3.63, 3.8) is 0 Å². The van der Waals surface area contributed by atoms with Crippen LogP contribution in [-0.4, -0.2) is 31.1 Å². The van der Waals surface area contributed by atoms with E-state index < -0.39 is 0 Å². The van der Waals surface area contributed by atoms with Crippen LogP contribution in [0.3, 0.4) is 0 Å². The number of allylic oxidation sites excluding steroid dienone is 4. The van der Waals surface area contributed by atoms with E-state index in [0.29, 0.717) is 0 Å². The number of hydrogen-bond acceptors (Lipinski definition) is 3. The Balaban J connectivity index is 3.97. The molecule has 0 fully saturated rings. The Bertz CT molecular complexity index is 280. The molecule has 0 aromatic heterocycles. The van der Waals surface area contributed by atoms with Crippen LogP contribution in [0.1, 0.15) is 13.8 Å². The van der Waals surface area contributed by atoms with Gasteiger partial charge in [-0.15, -0.1) is 0 Å². The van der Waals surface area contributed by atoms with Crippen molar-refractivity contribution in [1.29, 1.82) is 5.26 Å². The Kier molecular flexibility index (Phi) is 9.05. The van der Waals surface area contributed by atoms with Gasteiger partial charge in [0.1, 0.15) is 0 Å². The molecule has 88 valence electrons. The fourth-order valence-corrected chi connectivity index (χ4v) is 1.29. The number of hydrogen-bond donors (Lipinski definition) is 1. The van der Waals surface area contributed by atoms with E-state index in [2.05, 4.69) is 30.6 Å². The molecule has 0 aliphatic heterocycles. The maximum absolute atomic E-state index is 8.35. The van der Waals surface area contributed by atoms with Crippen LogP contribution in [0.25, 0.3) is 0 Å². The van der Waals surface area contributed by atoms with Gasteiger partial charge in [0.25, 0.3) is 0 Å². The van der Waals surface area contributed by atoms with Crippen molar-refractivity contribution in [1.82, 2.24) is 10.2 Å². The average molecular weight is 219 g/mol. The largest absolute Gasteiger partial charge is 0.384 e. The molecule has 0 atom stereocenters. The first kappa shape index (κ1) is 14.5. The summed E-state index contributed by atoms with van der Waals surface area (Å²) in [5, 5.41) is 11.6. The lowest BCUT2D eigenvalue weighted by atomic mass is 10.3. The second-order valence-corrected chi connectivity index (χ2v) is 3.27. The average Bonchev–Trinajstić information content (AvgIpc) is 2.32. The minimum absolute atomic E-state index is 0.889. The van der Waals surface area contributed by atoms with E-state index in [1.54, 1.807) is 12.2 Å². The molecule has 16 heavy (non-hydrogen) atoms. The molecule has 0 rings (SSSR count). The summed E-state index contributed by atoms with van der Waals surface area (Å²) < 4.78 is 0. The molecule has 3 heteroatoms. The van der Waals surface area contributed by atoms with Crippen molar-refractivity contribution in [2.45, 2.75) is 13.8 Å². The Morgan fingerprint density at radius 2 is 2.12 bits per heavy atom. The van der Waals surface area contributed by atoms with E-state index >= 15 is 0 Å². The van der Waals surface area contributed by atoms with Crippen molar-refractivity contribution in [3.05, 3.63) is 36.6 Å². The van der Waals surface area contributed by atoms with E-state index in [-0.39, 0.29) is 0 Å². The quantitative estimate of drug-likeness (QED) is 0.502. The first-order chi connectivity index (χ1) is 7.78. The van der Waals surface area contributed by atoms with Gasteiger partial charge in [0.15, 0.2) is 0 Å². The summed E-state index contributed by atoms with van der Waals surface area (Å²) in [5.74, 6) is 0. The third-order valence-electron chi connectivity index (χ3n) is 2.32. The van der Waals surface area contributed by atoms with E-state index in [1.807, 2.05) is 12.1 Å². The molecular formula is C13H21N3. The predicted octanol–water partition coefficient (Wildman–Crippen LogP) is 2.07. The molecule has 0 heterocycles. The molecule has 0 radical (unpaired) electrons. The lowest BCUT2D eigenvalue weighted by Crippen LogP contribution is -2.31. The fourth-order valence-electron chi connectivity index (χ4n) is 1.29. The van der Waals surface area contributed by atoms with Crippen LogP contribution in [0.5, 0.6) is 0 Å². The van der Waals surface area contributed by atoms with Crippen LogP contribution in [-0.2, 0) is 0 Å². The van der Waals surface area contributed by atoms with Crippen molar-refractivity contribution in [2.24, 2.45) is 0 Å². The highest BCUT2D eigenvalue weighted by Gasteiger charge is 1.97. The SMILES string of the molecule is C=C/C(=C\C=C\C#N)NCCN(CC)CC. The van der Waals surface area contributed by atoms with Gasteiger partial charge in [0.2, 0.25) is 0 Å². The van der Waals surface area contributed by atoms with Gasteiger partial charge in [-0.3, -0.25) is 0 Å². The maximum Gasteiger partial charge on any atom is 0.0912 e. The minimum atomic E-state index is 0.889. The van der Waals surface area contributed by atoms with Crippen molar-refractivity contribution in [3.8, 4) is 6.07 Å². The fraction of sp³-hybridized carbons (Fsp3) is 0.462. The standard InChI is InChI=1S/C13H21N3/c1-4-13(9-7-8-10-14)15-11-12-16(5-2)6-3/h4,7-9,15H,1,5-6,11-12H2,2-3H3/b8-7+,13-9+. The molecule has 0 aromatic carbocycles. The number of nitrogens with zero attached hydrogens (tertiary/aromatic N) is 2. The molecule has 0 saturated carbocycles. The highest BCUT2D eigenvalue weighted by atomic mass is 15.1.